The minimum atomic E-state index is -1.15. The third kappa shape index (κ3) is 2.27. The zero-order chi connectivity index (χ0) is 13.9. The van der Waals surface area contributed by atoms with E-state index in [-0.39, 0.29) is 9.84 Å². The molecule has 98 valence electrons. The Hall–Kier alpha value is -1.35. The molecule has 0 amide bonds. The van der Waals surface area contributed by atoms with E-state index in [1.807, 2.05) is 42.5 Å². The molecule has 4 heteroatoms. The van der Waals surface area contributed by atoms with Gasteiger partial charge in [0.05, 0.1) is 13.2 Å². The fourth-order valence-electron chi connectivity index (χ4n) is 2.51. The minimum absolute atomic E-state index is 0.0993. The van der Waals surface area contributed by atoms with E-state index < -0.39 is 11.4 Å². The minimum Gasteiger partial charge on any atom is -0.468 e. The fraction of sp³-hybridized carbons (Fsp3) is 0.333. The van der Waals surface area contributed by atoms with Gasteiger partial charge in [-0.1, -0.05) is 65.1 Å². The Labute approximate surface area is 126 Å². The second kappa shape index (κ2) is 5.74. The molecule has 0 radical (unpaired) electrons. The van der Waals surface area contributed by atoms with Crippen LogP contribution in [-0.2, 0) is 9.53 Å². The van der Waals surface area contributed by atoms with Crippen LogP contribution < -0.4 is 0 Å². The summed E-state index contributed by atoms with van der Waals surface area (Å²) in [5.74, 6) is -0.714. The number of rotatable bonds is 2. The number of allylic oxidation sites excluding steroid dienone is 2. The number of esters is 1. The average Bonchev–Trinajstić information content (AvgIpc) is 2.47. The molecule has 0 N–H and O–H groups in total. The number of nitriles is 1. The lowest BCUT2D eigenvalue weighted by Crippen LogP contribution is -2.45. The number of carbonyl (C=O) groups is 1. The summed E-state index contributed by atoms with van der Waals surface area (Å²) in [6.07, 6.45) is 4.69. The quantitative estimate of drug-likeness (QED) is 0.349. The molecule has 3 atom stereocenters. The normalized spacial score (nSPS) is 29.5. The summed E-state index contributed by atoms with van der Waals surface area (Å²) in [4.78, 5) is 12.2. The molecule has 1 unspecified atom stereocenters. The molecule has 0 spiro atoms. The SMILES string of the molecule is COC(=O)C1(C#N)[C@H](I)CC=C[C@H]1c1ccccc1. The zero-order valence-corrected chi connectivity index (χ0v) is 12.7. The van der Waals surface area contributed by atoms with Crippen molar-refractivity contribution in [1.29, 1.82) is 5.26 Å². The van der Waals surface area contributed by atoms with Crippen molar-refractivity contribution < 1.29 is 9.53 Å². The molecule has 0 aliphatic heterocycles. The van der Waals surface area contributed by atoms with Crippen molar-refractivity contribution in [3.63, 3.8) is 0 Å². The summed E-state index contributed by atoms with van der Waals surface area (Å²) < 4.78 is 4.81. The molecule has 0 fully saturated rings. The summed E-state index contributed by atoms with van der Waals surface area (Å²) in [7, 11) is 1.34. The van der Waals surface area contributed by atoms with Crippen LogP contribution >= 0.6 is 22.6 Å². The van der Waals surface area contributed by atoms with Crippen molar-refractivity contribution in [3.8, 4) is 6.07 Å². The first kappa shape index (κ1) is 14.1. The van der Waals surface area contributed by atoms with Crippen LogP contribution in [0.4, 0.5) is 0 Å². The average molecular weight is 367 g/mol. The van der Waals surface area contributed by atoms with Crippen LogP contribution in [0.25, 0.3) is 0 Å². The van der Waals surface area contributed by atoms with Gasteiger partial charge in [0.25, 0.3) is 0 Å². The second-order valence-electron chi connectivity index (χ2n) is 4.49. The first-order valence-electron chi connectivity index (χ1n) is 6.02. The van der Waals surface area contributed by atoms with E-state index in [0.717, 1.165) is 5.56 Å². The monoisotopic (exact) mass is 367 g/mol. The maximum absolute atomic E-state index is 12.2. The summed E-state index contributed by atoms with van der Waals surface area (Å²) in [6, 6.07) is 11.9. The first-order chi connectivity index (χ1) is 9.16. The molecule has 19 heavy (non-hydrogen) atoms. The van der Waals surface area contributed by atoms with E-state index in [4.69, 9.17) is 4.74 Å². The lowest BCUT2D eigenvalue weighted by Gasteiger charge is -2.37. The highest BCUT2D eigenvalue weighted by atomic mass is 127. The number of ether oxygens (including phenoxy) is 1. The zero-order valence-electron chi connectivity index (χ0n) is 10.5. The lowest BCUT2D eigenvalue weighted by atomic mass is 9.67. The molecule has 1 aromatic carbocycles. The van der Waals surface area contributed by atoms with Gasteiger partial charge in [-0.2, -0.15) is 5.26 Å². The maximum Gasteiger partial charge on any atom is 0.328 e. The summed E-state index contributed by atoms with van der Waals surface area (Å²) in [6.45, 7) is 0. The van der Waals surface area contributed by atoms with Crippen LogP contribution in [-0.4, -0.2) is 17.0 Å². The van der Waals surface area contributed by atoms with Gasteiger partial charge in [-0.15, -0.1) is 0 Å². The van der Waals surface area contributed by atoms with Crippen LogP contribution in [0.15, 0.2) is 42.5 Å². The van der Waals surface area contributed by atoms with Crippen LogP contribution in [0.1, 0.15) is 17.9 Å². The van der Waals surface area contributed by atoms with Gasteiger partial charge in [-0.25, -0.2) is 0 Å². The van der Waals surface area contributed by atoms with E-state index in [1.165, 1.54) is 7.11 Å². The Bertz CT molecular complexity index is 535. The van der Waals surface area contributed by atoms with Crippen molar-refractivity contribution in [2.24, 2.45) is 5.41 Å². The van der Waals surface area contributed by atoms with E-state index in [9.17, 15) is 10.1 Å². The van der Waals surface area contributed by atoms with Crippen molar-refractivity contribution in [3.05, 3.63) is 48.0 Å². The Morgan fingerprint density at radius 1 is 1.47 bits per heavy atom. The van der Waals surface area contributed by atoms with E-state index in [2.05, 4.69) is 28.7 Å². The predicted octanol–water partition coefficient (Wildman–Crippen LogP) is 3.22. The van der Waals surface area contributed by atoms with Gasteiger partial charge in [-0.05, 0) is 12.0 Å². The number of nitrogens with zero attached hydrogens (tertiary/aromatic N) is 1. The number of halogens is 1. The first-order valence-corrected chi connectivity index (χ1v) is 7.26. The van der Waals surface area contributed by atoms with E-state index in [1.54, 1.807) is 0 Å². The highest BCUT2D eigenvalue weighted by Gasteiger charge is 2.53. The van der Waals surface area contributed by atoms with Crippen molar-refractivity contribution in [2.45, 2.75) is 16.3 Å². The third-order valence-corrected chi connectivity index (χ3v) is 5.01. The molecular weight excluding hydrogens is 353 g/mol. The van der Waals surface area contributed by atoms with Crippen molar-refractivity contribution in [2.75, 3.05) is 7.11 Å². The predicted molar refractivity (Wildman–Crippen MR) is 80.8 cm³/mol. The van der Waals surface area contributed by atoms with Gasteiger partial charge >= 0.3 is 5.97 Å². The molecule has 1 aliphatic carbocycles. The highest BCUT2D eigenvalue weighted by molar-refractivity contribution is 14.1. The van der Waals surface area contributed by atoms with E-state index in [0.29, 0.717) is 6.42 Å². The molecule has 0 saturated carbocycles. The number of alkyl halides is 1. The molecule has 1 aliphatic rings. The van der Waals surface area contributed by atoms with Crippen LogP contribution in [0.2, 0.25) is 0 Å². The van der Waals surface area contributed by atoms with Crippen molar-refractivity contribution >= 4 is 28.6 Å². The van der Waals surface area contributed by atoms with Crippen molar-refractivity contribution in [1.82, 2.24) is 0 Å². The lowest BCUT2D eigenvalue weighted by molar-refractivity contribution is -0.150. The number of hydrogen-bond acceptors (Lipinski definition) is 3. The van der Waals surface area contributed by atoms with Crippen LogP contribution in [0, 0.1) is 16.7 Å². The molecule has 0 bridgehead atoms. The summed E-state index contributed by atoms with van der Waals surface area (Å²) >= 11 is 2.18. The van der Waals surface area contributed by atoms with E-state index >= 15 is 0 Å². The third-order valence-electron chi connectivity index (χ3n) is 3.52. The van der Waals surface area contributed by atoms with Crippen LogP contribution in [0.5, 0.6) is 0 Å². The molecule has 0 saturated heterocycles. The van der Waals surface area contributed by atoms with Gasteiger partial charge in [0.1, 0.15) is 0 Å². The smallest absolute Gasteiger partial charge is 0.328 e. The Morgan fingerprint density at radius 3 is 2.74 bits per heavy atom. The Morgan fingerprint density at radius 2 is 2.16 bits per heavy atom. The van der Waals surface area contributed by atoms with Crippen LogP contribution in [0.3, 0.4) is 0 Å². The summed E-state index contributed by atoms with van der Waals surface area (Å²) in [5.41, 5.74) is -0.183. The Kier molecular flexibility index (Phi) is 4.25. The van der Waals surface area contributed by atoms with Gasteiger partial charge in [0, 0.05) is 9.84 Å². The number of carbonyl (C=O) groups excluding carboxylic acids is 1. The second-order valence-corrected chi connectivity index (χ2v) is 6.00. The standard InChI is InChI=1S/C15H14INO2/c1-19-14(18)15(10-17)12(8-5-9-13(15)16)11-6-3-2-4-7-11/h2-8,12-13H,9H2,1H3/t12-,13+,15?/m0/s1. The van der Waals surface area contributed by atoms with Gasteiger partial charge in [0.15, 0.2) is 5.41 Å². The van der Waals surface area contributed by atoms with Gasteiger partial charge < -0.3 is 4.74 Å². The largest absolute Gasteiger partial charge is 0.468 e. The number of benzene rings is 1. The molecule has 0 heterocycles. The summed E-state index contributed by atoms with van der Waals surface area (Å²) in [5, 5.41) is 9.66. The van der Waals surface area contributed by atoms with Gasteiger partial charge in [0.2, 0.25) is 0 Å². The molecular formula is C15H14INO2. The van der Waals surface area contributed by atoms with Gasteiger partial charge in [-0.3, -0.25) is 4.79 Å². The maximum atomic E-state index is 12.2. The molecule has 0 aromatic heterocycles. The molecule has 1 aromatic rings. The fourth-order valence-corrected chi connectivity index (χ4v) is 3.58. The molecule has 2 rings (SSSR count). The Balaban J connectivity index is 2.56. The topological polar surface area (TPSA) is 50.1 Å². The highest BCUT2D eigenvalue weighted by Crippen LogP contribution is 2.48. The number of methoxy groups -OCH3 is 1. The molecule has 3 nitrogen and oxygen atoms in total. The number of hydrogen-bond donors (Lipinski definition) is 0.